The monoisotopic (exact) mass is 249 g/mol. The Kier molecular flexibility index (Phi) is 9.49. The van der Waals surface area contributed by atoms with E-state index >= 15 is 0 Å². The molecule has 0 radical (unpaired) electrons. The average Bonchev–Trinajstić information content (AvgIpc) is 2.42. The SMILES string of the molecule is CCCCCNCCOCCCc1ccccc1. The van der Waals surface area contributed by atoms with Gasteiger partial charge in [0.1, 0.15) is 0 Å². The highest BCUT2D eigenvalue weighted by Gasteiger charge is 1.93. The van der Waals surface area contributed by atoms with Gasteiger partial charge in [0.25, 0.3) is 0 Å². The molecule has 0 atom stereocenters. The lowest BCUT2D eigenvalue weighted by atomic mass is 10.1. The third-order valence-corrected chi connectivity index (χ3v) is 2.98. The molecule has 2 heteroatoms. The van der Waals surface area contributed by atoms with Crippen LogP contribution >= 0.6 is 0 Å². The van der Waals surface area contributed by atoms with Crippen molar-refractivity contribution in [2.45, 2.75) is 39.0 Å². The number of nitrogens with one attached hydrogen (secondary N) is 1. The molecule has 0 heterocycles. The lowest BCUT2D eigenvalue weighted by molar-refractivity contribution is 0.133. The Balaban J connectivity index is 1.82. The van der Waals surface area contributed by atoms with E-state index in [1.807, 2.05) is 0 Å². The number of rotatable bonds is 11. The molecule has 0 aliphatic heterocycles. The van der Waals surface area contributed by atoms with Crippen LogP contribution in [0, 0.1) is 0 Å². The highest BCUT2D eigenvalue weighted by Crippen LogP contribution is 2.02. The van der Waals surface area contributed by atoms with Crippen LogP contribution in [-0.4, -0.2) is 26.3 Å². The molecule has 0 saturated heterocycles. The molecular weight excluding hydrogens is 222 g/mol. The van der Waals surface area contributed by atoms with Crippen LogP contribution in [0.4, 0.5) is 0 Å². The van der Waals surface area contributed by atoms with Gasteiger partial charge in [0, 0.05) is 13.2 Å². The van der Waals surface area contributed by atoms with Crippen LogP contribution in [0.25, 0.3) is 0 Å². The molecule has 0 amide bonds. The third kappa shape index (κ3) is 8.26. The van der Waals surface area contributed by atoms with E-state index in [2.05, 4.69) is 42.6 Å². The van der Waals surface area contributed by atoms with Crippen LogP contribution in [0.2, 0.25) is 0 Å². The molecule has 0 aliphatic carbocycles. The van der Waals surface area contributed by atoms with E-state index in [-0.39, 0.29) is 0 Å². The molecule has 0 fully saturated rings. The molecule has 18 heavy (non-hydrogen) atoms. The largest absolute Gasteiger partial charge is 0.380 e. The molecule has 0 saturated carbocycles. The van der Waals surface area contributed by atoms with Gasteiger partial charge in [-0.3, -0.25) is 0 Å². The van der Waals surface area contributed by atoms with Gasteiger partial charge in [0.05, 0.1) is 6.61 Å². The van der Waals surface area contributed by atoms with Gasteiger partial charge in [-0.1, -0.05) is 50.1 Å². The van der Waals surface area contributed by atoms with Gasteiger partial charge < -0.3 is 10.1 Å². The van der Waals surface area contributed by atoms with Gasteiger partial charge in [-0.05, 0) is 31.4 Å². The Morgan fingerprint density at radius 3 is 2.56 bits per heavy atom. The quantitative estimate of drug-likeness (QED) is 0.607. The molecule has 2 nitrogen and oxygen atoms in total. The van der Waals surface area contributed by atoms with Gasteiger partial charge in [0.15, 0.2) is 0 Å². The lowest BCUT2D eigenvalue weighted by Gasteiger charge is -2.06. The van der Waals surface area contributed by atoms with E-state index in [1.165, 1.54) is 24.8 Å². The van der Waals surface area contributed by atoms with Crippen molar-refractivity contribution in [2.75, 3.05) is 26.3 Å². The van der Waals surface area contributed by atoms with Crippen molar-refractivity contribution in [1.82, 2.24) is 5.32 Å². The number of ether oxygens (including phenoxy) is 1. The molecule has 0 unspecified atom stereocenters. The molecular formula is C16H27NO. The second kappa shape index (κ2) is 11.2. The van der Waals surface area contributed by atoms with Crippen molar-refractivity contribution >= 4 is 0 Å². The maximum absolute atomic E-state index is 5.60. The molecule has 102 valence electrons. The van der Waals surface area contributed by atoms with E-state index in [4.69, 9.17) is 4.74 Å². The highest BCUT2D eigenvalue weighted by molar-refractivity contribution is 5.14. The normalized spacial score (nSPS) is 10.7. The summed E-state index contributed by atoms with van der Waals surface area (Å²) in [5, 5.41) is 3.40. The Morgan fingerprint density at radius 1 is 0.944 bits per heavy atom. The van der Waals surface area contributed by atoms with Gasteiger partial charge in [-0.15, -0.1) is 0 Å². The summed E-state index contributed by atoms with van der Waals surface area (Å²) >= 11 is 0. The number of benzene rings is 1. The number of hydrogen-bond donors (Lipinski definition) is 1. The zero-order valence-electron chi connectivity index (χ0n) is 11.7. The van der Waals surface area contributed by atoms with Gasteiger partial charge in [-0.25, -0.2) is 0 Å². The molecule has 0 bridgehead atoms. The summed E-state index contributed by atoms with van der Waals surface area (Å²) in [6.07, 6.45) is 6.12. The van der Waals surface area contributed by atoms with Crippen molar-refractivity contribution in [1.29, 1.82) is 0 Å². The Bertz CT molecular complexity index is 274. The van der Waals surface area contributed by atoms with Crippen molar-refractivity contribution in [2.24, 2.45) is 0 Å². The van der Waals surface area contributed by atoms with Crippen LogP contribution in [0.5, 0.6) is 0 Å². The van der Waals surface area contributed by atoms with E-state index in [9.17, 15) is 0 Å². The van der Waals surface area contributed by atoms with Crippen LogP contribution in [-0.2, 0) is 11.2 Å². The van der Waals surface area contributed by atoms with Crippen LogP contribution < -0.4 is 5.32 Å². The van der Waals surface area contributed by atoms with Gasteiger partial charge in [-0.2, -0.15) is 0 Å². The molecule has 0 aromatic heterocycles. The van der Waals surface area contributed by atoms with Gasteiger partial charge >= 0.3 is 0 Å². The molecule has 0 aliphatic rings. The standard InChI is InChI=1S/C16H27NO/c1-2-3-7-12-17-13-15-18-14-8-11-16-9-5-4-6-10-16/h4-6,9-10,17H,2-3,7-8,11-15H2,1H3. The van der Waals surface area contributed by atoms with Crippen LogP contribution in [0.1, 0.15) is 38.2 Å². The summed E-state index contributed by atoms with van der Waals surface area (Å²) in [4.78, 5) is 0. The van der Waals surface area contributed by atoms with Crippen molar-refractivity contribution < 1.29 is 4.74 Å². The first-order valence-electron chi connectivity index (χ1n) is 7.26. The number of unbranched alkanes of at least 4 members (excludes halogenated alkanes) is 2. The second-order valence-corrected chi connectivity index (χ2v) is 4.66. The Hall–Kier alpha value is -0.860. The molecule has 1 aromatic rings. The third-order valence-electron chi connectivity index (χ3n) is 2.98. The lowest BCUT2D eigenvalue weighted by Crippen LogP contribution is -2.21. The zero-order valence-corrected chi connectivity index (χ0v) is 11.7. The number of aryl methyl sites for hydroxylation is 1. The first-order chi connectivity index (χ1) is 8.93. The molecule has 1 N–H and O–H groups in total. The van der Waals surface area contributed by atoms with Crippen molar-refractivity contribution in [3.8, 4) is 0 Å². The van der Waals surface area contributed by atoms with E-state index in [0.29, 0.717) is 0 Å². The summed E-state index contributed by atoms with van der Waals surface area (Å²) in [7, 11) is 0. The minimum atomic E-state index is 0.834. The van der Waals surface area contributed by atoms with E-state index < -0.39 is 0 Å². The summed E-state index contributed by atoms with van der Waals surface area (Å²) in [6.45, 7) is 6.04. The van der Waals surface area contributed by atoms with Crippen molar-refractivity contribution in [3.63, 3.8) is 0 Å². The molecule has 0 spiro atoms. The summed E-state index contributed by atoms with van der Waals surface area (Å²) in [5.41, 5.74) is 1.40. The molecule has 1 rings (SSSR count). The maximum atomic E-state index is 5.60. The van der Waals surface area contributed by atoms with Crippen LogP contribution in [0.15, 0.2) is 30.3 Å². The second-order valence-electron chi connectivity index (χ2n) is 4.66. The molecule has 1 aromatic carbocycles. The minimum absolute atomic E-state index is 0.834. The zero-order chi connectivity index (χ0) is 12.9. The Morgan fingerprint density at radius 2 is 1.78 bits per heavy atom. The average molecular weight is 249 g/mol. The summed E-state index contributed by atoms with van der Waals surface area (Å²) in [5.74, 6) is 0. The fourth-order valence-corrected chi connectivity index (χ4v) is 1.89. The predicted molar refractivity (Wildman–Crippen MR) is 78.0 cm³/mol. The van der Waals surface area contributed by atoms with E-state index in [0.717, 1.165) is 39.1 Å². The Labute approximate surface area is 112 Å². The van der Waals surface area contributed by atoms with Crippen LogP contribution in [0.3, 0.4) is 0 Å². The first kappa shape index (κ1) is 15.2. The maximum Gasteiger partial charge on any atom is 0.0590 e. The predicted octanol–water partition coefficient (Wildman–Crippen LogP) is 3.42. The topological polar surface area (TPSA) is 21.3 Å². The van der Waals surface area contributed by atoms with Crippen molar-refractivity contribution in [3.05, 3.63) is 35.9 Å². The smallest absolute Gasteiger partial charge is 0.0590 e. The fraction of sp³-hybridized carbons (Fsp3) is 0.625. The minimum Gasteiger partial charge on any atom is -0.380 e. The first-order valence-corrected chi connectivity index (χ1v) is 7.26. The summed E-state index contributed by atoms with van der Waals surface area (Å²) in [6, 6.07) is 10.6. The fourth-order valence-electron chi connectivity index (χ4n) is 1.89. The number of hydrogen-bond acceptors (Lipinski definition) is 2. The van der Waals surface area contributed by atoms with E-state index in [1.54, 1.807) is 0 Å². The highest BCUT2D eigenvalue weighted by atomic mass is 16.5. The van der Waals surface area contributed by atoms with Gasteiger partial charge in [0.2, 0.25) is 0 Å². The summed E-state index contributed by atoms with van der Waals surface area (Å²) < 4.78 is 5.60.